The zero-order valence-electron chi connectivity index (χ0n) is 22.6. The Morgan fingerprint density at radius 1 is 0.750 bits per heavy atom. The minimum atomic E-state index is -1.34. The average molecular weight is 600 g/mol. The summed E-state index contributed by atoms with van der Waals surface area (Å²) in [7, 11) is 0. The highest BCUT2D eigenvalue weighted by Gasteiger charge is 2.18. The number of nitro benzene ring substituents is 2. The van der Waals surface area contributed by atoms with Gasteiger partial charge in [0.05, 0.1) is 15.5 Å². The number of hydrogen-bond donors (Lipinski definition) is 3. The van der Waals surface area contributed by atoms with Crippen molar-refractivity contribution in [3.05, 3.63) is 122 Å². The average Bonchev–Trinajstić information content (AvgIpc) is 2.98. The van der Waals surface area contributed by atoms with Crippen LogP contribution in [0, 0.1) is 20.2 Å². The monoisotopic (exact) mass is 599 g/mol. The molecule has 0 bridgehead atoms. The Bertz CT molecular complexity index is 1820. The fourth-order valence-electron chi connectivity index (χ4n) is 3.86. The molecule has 14 nitrogen and oxygen atoms in total. The van der Waals surface area contributed by atoms with E-state index in [1.165, 1.54) is 91.9 Å². The number of carbonyl (C=O) groups is 3. The molecule has 0 saturated carbocycles. The molecule has 4 rings (SSSR count). The standard InChI is InChI=1S/C30H21N3O11/c1-17(29(35)36)14-28(34)31-26-16-23(43-21-7-3-19(4-8-21)32(39)40)11-12-24(26)18-2-13-27(25(15-18)30(37)38)44-22-9-5-20(6-10-22)33(41)42/h2-16H,1H3,(H,31,34)(H,35,36)(H,37,38). The third-order valence-corrected chi connectivity index (χ3v) is 6.01. The quantitative estimate of drug-likeness (QED) is 0.0972. The zero-order valence-corrected chi connectivity index (χ0v) is 22.6. The van der Waals surface area contributed by atoms with E-state index in [9.17, 15) is 39.7 Å². The Morgan fingerprint density at radius 3 is 1.82 bits per heavy atom. The first kappa shape index (κ1) is 30.4. The summed E-state index contributed by atoms with van der Waals surface area (Å²) in [5, 5.41) is 43.5. The van der Waals surface area contributed by atoms with E-state index in [2.05, 4.69) is 5.32 Å². The van der Waals surface area contributed by atoms with Crippen LogP contribution in [0.1, 0.15) is 17.3 Å². The van der Waals surface area contributed by atoms with Gasteiger partial charge < -0.3 is 25.0 Å². The maximum absolute atomic E-state index is 12.7. The van der Waals surface area contributed by atoms with E-state index < -0.39 is 27.7 Å². The van der Waals surface area contributed by atoms with Crippen molar-refractivity contribution in [3.63, 3.8) is 0 Å². The highest BCUT2D eigenvalue weighted by molar-refractivity contribution is 6.06. The molecule has 44 heavy (non-hydrogen) atoms. The van der Waals surface area contributed by atoms with Crippen molar-refractivity contribution < 1.29 is 43.9 Å². The smallest absolute Gasteiger partial charge is 0.339 e. The van der Waals surface area contributed by atoms with Gasteiger partial charge in [0.15, 0.2) is 0 Å². The summed E-state index contributed by atoms with van der Waals surface area (Å²) in [6, 6.07) is 19.0. The van der Waals surface area contributed by atoms with Gasteiger partial charge in [-0.05, 0) is 61.0 Å². The molecule has 1 amide bonds. The van der Waals surface area contributed by atoms with Crippen LogP contribution < -0.4 is 14.8 Å². The third-order valence-electron chi connectivity index (χ3n) is 6.01. The number of amides is 1. The summed E-state index contributed by atoms with van der Waals surface area (Å²) in [5.74, 6) is -2.87. The first-order valence-corrected chi connectivity index (χ1v) is 12.5. The van der Waals surface area contributed by atoms with E-state index in [1.807, 2.05) is 0 Å². The third kappa shape index (κ3) is 7.38. The number of hydrogen-bond acceptors (Lipinski definition) is 9. The summed E-state index contributed by atoms with van der Waals surface area (Å²) in [6.45, 7) is 1.24. The molecule has 0 spiro atoms. The van der Waals surface area contributed by atoms with E-state index >= 15 is 0 Å². The minimum Gasteiger partial charge on any atom is -0.478 e. The van der Waals surface area contributed by atoms with Crippen LogP contribution >= 0.6 is 0 Å². The Balaban J connectivity index is 1.71. The Kier molecular flexibility index (Phi) is 8.94. The number of aromatic carboxylic acids is 1. The van der Waals surface area contributed by atoms with Crippen LogP contribution in [-0.4, -0.2) is 37.9 Å². The first-order valence-electron chi connectivity index (χ1n) is 12.5. The number of ether oxygens (including phenoxy) is 2. The topological polar surface area (TPSA) is 208 Å². The lowest BCUT2D eigenvalue weighted by Gasteiger charge is -2.15. The molecule has 0 unspecified atom stereocenters. The van der Waals surface area contributed by atoms with Crippen LogP contribution in [0.3, 0.4) is 0 Å². The number of carbonyl (C=O) groups excluding carboxylic acids is 1. The van der Waals surface area contributed by atoms with Gasteiger partial charge in [0.2, 0.25) is 5.91 Å². The van der Waals surface area contributed by atoms with Gasteiger partial charge in [-0.1, -0.05) is 6.07 Å². The predicted octanol–water partition coefficient (Wildman–Crippen LogP) is 6.42. The lowest BCUT2D eigenvalue weighted by Crippen LogP contribution is -2.12. The van der Waals surface area contributed by atoms with Crippen LogP contribution in [0.2, 0.25) is 0 Å². The molecule has 222 valence electrons. The second-order valence-electron chi connectivity index (χ2n) is 9.05. The molecule has 0 fully saturated rings. The van der Waals surface area contributed by atoms with Gasteiger partial charge in [-0.2, -0.15) is 0 Å². The number of rotatable bonds is 11. The van der Waals surface area contributed by atoms with Gasteiger partial charge in [-0.3, -0.25) is 25.0 Å². The molecular weight excluding hydrogens is 578 g/mol. The second-order valence-corrected chi connectivity index (χ2v) is 9.05. The minimum absolute atomic E-state index is 0.0566. The number of anilines is 1. The van der Waals surface area contributed by atoms with Crippen molar-refractivity contribution in [3.8, 4) is 34.1 Å². The summed E-state index contributed by atoms with van der Waals surface area (Å²) >= 11 is 0. The number of nitrogens with one attached hydrogen (secondary N) is 1. The summed E-state index contributed by atoms with van der Waals surface area (Å²) < 4.78 is 11.4. The van der Waals surface area contributed by atoms with Crippen LogP contribution in [0.25, 0.3) is 11.1 Å². The number of non-ortho nitro benzene ring substituents is 2. The zero-order chi connectivity index (χ0) is 32.0. The van der Waals surface area contributed by atoms with Crippen molar-refractivity contribution in [1.29, 1.82) is 0 Å². The van der Waals surface area contributed by atoms with Gasteiger partial charge >= 0.3 is 11.9 Å². The molecule has 4 aromatic rings. The molecule has 0 heterocycles. The summed E-state index contributed by atoms with van der Waals surface area (Å²) in [5.41, 5.74) is -0.0141. The normalized spacial score (nSPS) is 10.9. The molecule has 0 aliphatic rings. The maximum atomic E-state index is 12.7. The van der Waals surface area contributed by atoms with Crippen molar-refractivity contribution in [2.24, 2.45) is 0 Å². The fourth-order valence-corrected chi connectivity index (χ4v) is 3.86. The Morgan fingerprint density at radius 2 is 1.30 bits per heavy atom. The molecule has 0 aliphatic carbocycles. The predicted molar refractivity (Wildman–Crippen MR) is 155 cm³/mol. The Labute approximate surface area is 247 Å². The Hall–Kier alpha value is -6.57. The van der Waals surface area contributed by atoms with E-state index in [4.69, 9.17) is 14.6 Å². The first-order chi connectivity index (χ1) is 20.9. The maximum Gasteiger partial charge on any atom is 0.339 e. The van der Waals surface area contributed by atoms with Crippen molar-refractivity contribution in [2.75, 3.05) is 5.32 Å². The van der Waals surface area contributed by atoms with Crippen molar-refractivity contribution in [1.82, 2.24) is 0 Å². The largest absolute Gasteiger partial charge is 0.478 e. The van der Waals surface area contributed by atoms with E-state index in [0.717, 1.165) is 6.08 Å². The van der Waals surface area contributed by atoms with Gasteiger partial charge in [-0.25, -0.2) is 9.59 Å². The van der Waals surface area contributed by atoms with Crippen LogP contribution in [0.15, 0.2) is 96.6 Å². The van der Waals surface area contributed by atoms with Crippen molar-refractivity contribution >= 4 is 34.9 Å². The van der Waals surface area contributed by atoms with E-state index in [-0.39, 0.29) is 51.2 Å². The van der Waals surface area contributed by atoms with Gasteiger partial charge in [-0.15, -0.1) is 0 Å². The van der Waals surface area contributed by atoms with Gasteiger partial charge in [0.25, 0.3) is 11.4 Å². The number of nitro groups is 2. The van der Waals surface area contributed by atoms with Crippen LogP contribution in [0.5, 0.6) is 23.0 Å². The fraction of sp³-hybridized carbons (Fsp3) is 0.0333. The SMILES string of the molecule is CC(=CC(=O)Nc1cc(Oc2ccc([N+](=O)[O-])cc2)ccc1-c1ccc(Oc2ccc([N+](=O)[O-])cc2)c(C(=O)O)c1)C(=O)O. The molecule has 3 N–H and O–H groups in total. The van der Waals surface area contributed by atoms with Gasteiger partial charge in [0.1, 0.15) is 28.6 Å². The highest BCUT2D eigenvalue weighted by Crippen LogP contribution is 2.37. The second kappa shape index (κ2) is 12.9. The number of aliphatic carboxylic acids is 1. The summed E-state index contributed by atoms with van der Waals surface area (Å²) in [4.78, 5) is 56.7. The highest BCUT2D eigenvalue weighted by atomic mass is 16.6. The van der Waals surface area contributed by atoms with E-state index in [0.29, 0.717) is 11.1 Å². The molecule has 0 aromatic heterocycles. The van der Waals surface area contributed by atoms with E-state index in [1.54, 1.807) is 0 Å². The van der Waals surface area contributed by atoms with Crippen LogP contribution in [-0.2, 0) is 9.59 Å². The molecule has 0 aliphatic heterocycles. The number of nitrogens with zero attached hydrogens (tertiary/aromatic N) is 2. The van der Waals surface area contributed by atoms with Crippen molar-refractivity contribution in [2.45, 2.75) is 6.92 Å². The molecule has 0 atom stereocenters. The molecule has 0 saturated heterocycles. The van der Waals surface area contributed by atoms with Crippen LogP contribution in [0.4, 0.5) is 17.1 Å². The lowest BCUT2D eigenvalue weighted by molar-refractivity contribution is -0.385. The molecule has 0 radical (unpaired) electrons. The molecule has 4 aromatic carbocycles. The lowest BCUT2D eigenvalue weighted by atomic mass is 10.00. The number of carboxylic acids is 2. The molecular formula is C30H21N3O11. The summed E-state index contributed by atoms with van der Waals surface area (Å²) in [6.07, 6.45) is 0.875. The number of carboxylic acid groups (broad SMARTS) is 2. The van der Waals surface area contributed by atoms with Gasteiger partial charge in [0, 0.05) is 47.5 Å². The molecule has 14 heteroatoms. The number of benzene rings is 4.